The Bertz CT molecular complexity index is 714. The fourth-order valence-corrected chi connectivity index (χ4v) is 1.43. The summed E-state index contributed by atoms with van der Waals surface area (Å²) < 4.78 is 9.30. The molecule has 0 bridgehead atoms. The Balaban J connectivity index is 2.08. The SMILES string of the molecule is COc1ncc(C(=O)NNC(=O)c2ccno2)cc1[N+](=O)[O-]. The maximum absolute atomic E-state index is 11.8. The molecule has 2 amide bonds. The predicted molar refractivity (Wildman–Crippen MR) is 68.9 cm³/mol. The molecule has 114 valence electrons. The van der Waals surface area contributed by atoms with E-state index in [2.05, 4.69) is 25.5 Å². The number of aromatic nitrogens is 2. The highest BCUT2D eigenvalue weighted by atomic mass is 16.6. The molecule has 0 aliphatic heterocycles. The van der Waals surface area contributed by atoms with E-state index < -0.39 is 22.4 Å². The summed E-state index contributed by atoms with van der Waals surface area (Å²) in [5.74, 6) is -1.88. The molecule has 0 aliphatic carbocycles. The molecule has 2 heterocycles. The third-order valence-corrected chi connectivity index (χ3v) is 2.44. The molecule has 2 aromatic rings. The van der Waals surface area contributed by atoms with Crippen LogP contribution in [0.25, 0.3) is 0 Å². The van der Waals surface area contributed by atoms with Gasteiger partial charge in [-0.05, 0) is 0 Å². The highest BCUT2D eigenvalue weighted by Crippen LogP contribution is 2.24. The number of carbonyl (C=O) groups is 2. The van der Waals surface area contributed by atoms with Gasteiger partial charge in [-0.2, -0.15) is 0 Å². The van der Waals surface area contributed by atoms with Crippen LogP contribution in [0.3, 0.4) is 0 Å². The molecule has 0 radical (unpaired) electrons. The lowest BCUT2D eigenvalue weighted by molar-refractivity contribution is -0.386. The molecule has 0 saturated heterocycles. The minimum absolute atomic E-state index is 0.112. The van der Waals surface area contributed by atoms with Crippen LogP contribution in [-0.4, -0.2) is 34.0 Å². The average molecular weight is 307 g/mol. The molecule has 2 N–H and O–H groups in total. The van der Waals surface area contributed by atoms with Gasteiger partial charge in [0.25, 0.3) is 11.8 Å². The van der Waals surface area contributed by atoms with Crippen LogP contribution in [0.1, 0.15) is 20.9 Å². The second-order valence-corrected chi connectivity index (χ2v) is 3.79. The predicted octanol–water partition coefficient (Wildman–Crippen LogP) is 0.0612. The van der Waals surface area contributed by atoms with E-state index in [4.69, 9.17) is 4.74 Å². The molecule has 2 rings (SSSR count). The number of nitrogens with zero attached hydrogens (tertiary/aromatic N) is 3. The third-order valence-electron chi connectivity index (χ3n) is 2.44. The number of hydrazine groups is 1. The number of rotatable bonds is 4. The first-order valence-electron chi connectivity index (χ1n) is 5.72. The fourth-order valence-electron chi connectivity index (χ4n) is 1.43. The van der Waals surface area contributed by atoms with E-state index in [0.717, 1.165) is 12.3 Å². The van der Waals surface area contributed by atoms with E-state index in [-0.39, 0.29) is 17.2 Å². The number of amides is 2. The summed E-state index contributed by atoms with van der Waals surface area (Å²) in [6.07, 6.45) is 2.33. The summed E-state index contributed by atoms with van der Waals surface area (Å²) in [5, 5.41) is 14.2. The summed E-state index contributed by atoms with van der Waals surface area (Å²) in [6.45, 7) is 0. The van der Waals surface area contributed by atoms with Gasteiger partial charge in [0.05, 0.1) is 23.8 Å². The van der Waals surface area contributed by atoms with Crippen LogP contribution >= 0.6 is 0 Å². The van der Waals surface area contributed by atoms with Crippen molar-refractivity contribution in [2.45, 2.75) is 0 Å². The van der Waals surface area contributed by atoms with Crippen molar-refractivity contribution in [1.82, 2.24) is 21.0 Å². The van der Waals surface area contributed by atoms with Crippen molar-refractivity contribution in [2.24, 2.45) is 0 Å². The minimum Gasteiger partial charge on any atom is -0.476 e. The number of carbonyl (C=O) groups excluding carboxylic acids is 2. The second-order valence-electron chi connectivity index (χ2n) is 3.79. The van der Waals surface area contributed by atoms with E-state index >= 15 is 0 Å². The Morgan fingerprint density at radius 3 is 2.68 bits per heavy atom. The Kier molecular flexibility index (Phi) is 4.27. The van der Waals surface area contributed by atoms with E-state index in [0.29, 0.717) is 0 Å². The molecule has 11 nitrogen and oxygen atoms in total. The highest BCUT2D eigenvalue weighted by Gasteiger charge is 2.20. The Morgan fingerprint density at radius 1 is 1.36 bits per heavy atom. The van der Waals surface area contributed by atoms with Crippen molar-refractivity contribution in [3.05, 3.63) is 46.0 Å². The lowest BCUT2D eigenvalue weighted by Gasteiger charge is -2.06. The zero-order valence-electron chi connectivity index (χ0n) is 11.1. The fraction of sp³-hybridized carbons (Fsp3) is 0.0909. The van der Waals surface area contributed by atoms with Crippen LogP contribution in [0, 0.1) is 10.1 Å². The number of hydrogen-bond acceptors (Lipinski definition) is 8. The third kappa shape index (κ3) is 3.15. The smallest absolute Gasteiger partial charge is 0.331 e. The van der Waals surface area contributed by atoms with Gasteiger partial charge in [0.2, 0.25) is 5.76 Å². The summed E-state index contributed by atoms with van der Waals surface area (Å²) in [7, 11) is 1.21. The first kappa shape index (κ1) is 14.9. The van der Waals surface area contributed by atoms with Gasteiger partial charge in [0.15, 0.2) is 0 Å². The Morgan fingerprint density at radius 2 is 2.09 bits per heavy atom. The molecule has 11 heteroatoms. The Hall–Kier alpha value is -3.50. The van der Waals surface area contributed by atoms with Gasteiger partial charge in [0, 0.05) is 18.3 Å². The number of ether oxygens (including phenoxy) is 1. The van der Waals surface area contributed by atoms with E-state index in [1.54, 1.807) is 0 Å². The average Bonchev–Trinajstić information content (AvgIpc) is 3.06. The molecule has 2 aromatic heterocycles. The van der Waals surface area contributed by atoms with Crippen LogP contribution in [0.2, 0.25) is 0 Å². The van der Waals surface area contributed by atoms with E-state index in [1.165, 1.54) is 19.4 Å². The summed E-state index contributed by atoms with van der Waals surface area (Å²) >= 11 is 0. The summed E-state index contributed by atoms with van der Waals surface area (Å²) in [5.41, 5.74) is 3.51. The lowest BCUT2D eigenvalue weighted by atomic mass is 10.2. The summed E-state index contributed by atoms with van der Waals surface area (Å²) in [6, 6.07) is 2.27. The topological polar surface area (TPSA) is 149 Å². The first-order chi connectivity index (χ1) is 10.5. The number of nitro groups is 1. The first-order valence-corrected chi connectivity index (χ1v) is 5.72. The standard InChI is InChI=1S/C11H9N5O6/c1-21-11-7(16(19)20)4-6(5-12-11)9(17)14-15-10(18)8-2-3-13-22-8/h2-5H,1H3,(H,14,17)(H,15,18). The van der Waals surface area contributed by atoms with Crippen molar-refractivity contribution in [2.75, 3.05) is 7.11 Å². The largest absolute Gasteiger partial charge is 0.476 e. The molecule has 0 spiro atoms. The van der Waals surface area contributed by atoms with Crippen molar-refractivity contribution in [1.29, 1.82) is 0 Å². The number of hydrogen-bond donors (Lipinski definition) is 2. The second kappa shape index (κ2) is 6.30. The van der Waals surface area contributed by atoms with Crippen LogP contribution in [0.15, 0.2) is 29.0 Å². The quantitative estimate of drug-likeness (QED) is 0.594. The van der Waals surface area contributed by atoms with Crippen LogP contribution in [0.4, 0.5) is 5.69 Å². The van der Waals surface area contributed by atoms with Gasteiger partial charge in [-0.15, -0.1) is 0 Å². The monoisotopic (exact) mass is 307 g/mol. The minimum atomic E-state index is -0.800. The van der Waals surface area contributed by atoms with E-state index in [9.17, 15) is 19.7 Å². The molecule has 22 heavy (non-hydrogen) atoms. The van der Waals surface area contributed by atoms with Crippen molar-refractivity contribution in [3.8, 4) is 5.88 Å². The lowest BCUT2D eigenvalue weighted by Crippen LogP contribution is -2.41. The molecule has 0 saturated carbocycles. The summed E-state index contributed by atoms with van der Waals surface area (Å²) in [4.78, 5) is 37.1. The van der Waals surface area contributed by atoms with Crippen molar-refractivity contribution >= 4 is 17.5 Å². The Labute approximate surface area is 122 Å². The maximum atomic E-state index is 11.8. The number of pyridine rings is 1. The number of nitrogens with one attached hydrogen (secondary N) is 2. The van der Waals surface area contributed by atoms with E-state index in [1.807, 2.05) is 0 Å². The molecule has 0 fully saturated rings. The van der Waals surface area contributed by atoms with Crippen LogP contribution < -0.4 is 15.6 Å². The van der Waals surface area contributed by atoms with Crippen molar-refractivity contribution < 1.29 is 23.8 Å². The zero-order chi connectivity index (χ0) is 16.1. The molecular weight excluding hydrogens is 298 g/mol. The van der Waals surface area contributed by atoms with Gasteiger partial charge in [0.1, 0.15) is 0 Å². The van der Waals surface area contributed by atoms with Gasteiger partial charge in [-0.3, -0.25) is 30.6 Å². The molecule has 0 aliphatic rings. The zero-order valence-corrected chi connectivity index (χ0v) is 11.1. The van der Waals surface area contributed by atoms with Crippen LogP contribution in [0.5, 0.6) is 5.88 Å². The molecule has 0 unspecified atom stereocenters. The van der Waals surface area contributed by atoms with Gasteiger partial charge in [-0.25, -0.2) is 4.98 Å². The van der Waals surface area contributed by atoms with Crippen molar-refractivity contribution in [3.63, 3.8) is 0 Å². The number of methoxy groups -OCH3 is 1. The molecule has 0 atom stereocenters. The normalized spacial score (nSPS) is 9.86. The van der Waals surface area contributed by atoms with Crippen LogP contribution in [-0.2, 0) is 0 Å². The van der Waals surface area contributed by atoms with Gasteiger partial charge < -0.3 is 9.26 Å². The highest BCUT2D eigenvalue weighted by molar-refractivity contribution is 5.98. The molecule has 0 aromatic carbocycles. The molecular formula is C11H9N5O6. The van der Waals surface area contributed by atoms with Gasteiger partial charge >= 0.3 is 11.6 Å². The maximum Gasteiger partial charge on any atom is 0.331 e. The van der Waals surface area contributed by atoms with Gasteiger partial charge in [-0.1, -0.05) is 5.16 Å².